The Morgan fingerprint density at radius 2 is 1.74 bits per heavy atom. The molecule has 0 fully saturated rings. The van der Waals surface area contributed by atoms with Crippen LogP contribution in [-0.4, -0.2) is 30.1 Å². The second-order valence-electron chi connectivity index (χ2n) is 4.64. The van der Waals surface area contributed by atoms with Crippen LogP contribution in [0.5, 0.6) is 0 Å². The van der Waals surface area contributed by atoms with Gasteiger partial charge in [0.25, 0.3) is 0 Å². The number of carbonyl (C=O) groups is 2. The van der Waals surface area contributed by atoms with Gasteiger partial charge in [0.15, 0.2) is 10.7 Å². The lowest BCUT2D eigenvalue weighted by Gasteiger charge is -2.06. The maximum atomic E-state index is 11.9. The summed E-state index contributed by atoms with van der Waals surface area (Å²) >= 11 is 1.52. The van der Waals surface area contributed by atoms with E-state index in [1.54, 1.807) is 13.8 Å². The highest BCUT2D eigenvalue weighted by Gasteiger charge is 2.21. The number of thiazole rings is 1. The van der Waals surface area contributed by atoms with Crippen molar-refractivity contribution in [1.29, 1.82) is 0 Å². The summed E-state index contributed by atoms with van der Waals surface area (Å²) < 4.78 is 9.77. The highest BCUT2D eigenvalue weighted by Crippen LogP contribution is 2.25. The van der Waals surface area contributed by atoms with Crippen LogP contribution in [0.3, 0.4) is 0 Å². The van der Waals surface area contributed by atoms with Crippen LogP contribution in [0.1, 0.15) is 44.7 Å². The molecule has 1 rings (SSSR count). The lowest BCUT2D eigenvalue weighted by molar-refractivity contribution is -0.146. The molecule has 7 heteroatoms. The molecular weight excluding hydrogens is 316 g/mol. The molecule has 0 aliphatic rings. The molecule has 6 nitrogen and oxygen atoms in total. The van der Waals surface area contributed by atoms with Crippen LogP contribution in [-0.2, 0) is 31.9 Å². The van der Waals surface area contributed by atoms with Gasteiger partial charge in [0, 0.05) is 11.1 Å². The average Bonchev–Trinajstić information content (AvgIpc) is 2.90. The van der Waals surface area contributed by atoms with E-state index >= 15 is 0 Å². The van der Waals surface area contributed by atoms with E-state index in [-0.39, 0.29) is 18.8 Å². The highest BCUT2D eigenvalue weighted by molar-refractivity contribution is 7.15. The van der Waals surface area contributed by atoms with Gasteiger partial charge in [0.05, 0.1) is 18.9 Å². The molecule has 0 atom stereocenters. The Kier molecular flexibility index (Phi) is 8.32. The minimum atomic E-state index is -0.709. The quantitative estimate of drug-likeness (QED) is 0.322. The smallest absolute Gasteiger partial charge is 0.347 e. The third-order valence-corrected chi connectivity index (χ3v) is 4.09. The van der Waals surface area contributed by atoms with Gasteiger partial charge >= 0.3 is 11.9 Å². The SMILES string of the molecule is CCCc1nc(NC=C(C(=O)OCC)C(=O)OCC)sc1CC. The molecule has 0 amide bonds. The standard InChI is InChI=1S/C16H24N2O4S/c1-5-9-12-13(6-2)23-16(18-12)17-10-11(14(19)21-7-3)15(20)22-8-4/h10H,5-9H2,1-4H3,(H,17,18). The fourth-order valence-electron chi connectivity index (χ4n) is 1.91. The summed E-state index contributed by atoms with van der Waals surface area (Å²) in [6.45, 7) is 7.92. The van der Waals surface area contributed by atoms with Crippen molar-refractivity contribution in [3.63, 3.8) is 0 Å². The Labute approximate surface area is 140 Å². The van der Waals surface area contributed by atoms with E-state index in [4.69, 9.17) is 9.47 Å². The van der Waals surface area contributed by atoms with Crippen LogP contribution in [0.2, 0.25) is 0 Å². The summed E-state index contributed by atoms with van der Waals surface area (Å²) in [5, 5.41) is 3.57. The molecule has 0 aliphatic heterocycles. The van der Waals surface area contributed by atoms with E-state index in [9.17, 15) is 9.59 Å². The van der Waals surface area contributed by atoms with E-state index < -0.39 is 11.9 Å². The summed E-state index contributed by atoms with van der Waals surface area (Å²) in [7, 11) is 0. The van der Waals surface area contributed by atoms with Crippen LogP contribution in [0, 0.1) is 0 Å². The van der Waals surface area contributed by atoms with Gasteiger partial charge in [-0.1, -0.05) is 20.3 Å². The monoisotopic (exact) mass is 340 g/mol. The molecule has 0 bridgehead atoms. The summed E-state index contributed by atoms with van der Waals surface area (Å²) in [5.74, 6) is -1.42. The molecule has 0 aliphatic carbocycles. The van der Waals surface area contributed by atoms with Crippen molar-refractivity contribution < 1.29 is 19.1 Å². The number of nitrogens with zero attached hydrogens (tertiary/aromatic N) is 1. The molecule has 23 heavy (non-hydrogen) atoms. The Hall–Kier alpha value is -1.89. The topological polar surface area (TPSA) is 77.5 Å². The van der Waals surface area contributed by atoms with E-state index in [1.165, 1.54) is 22.4 Å². The maximum Gasteiger partial charge on any atom is 0.347 e. The normalized spacial score (nSPS) is 10.1. The van der Waals surface area contributed by atoms with Gasteiger partial charge in [0.2, 0.25) is 0 Å². The molecule has 0 aromatic carbocycles. The third-order valence-electron chi connectivity index (χ3n) is 2.92. The third kappa shape index (κ3) is 5.67. The first-order chi connectivity index (χ1) is 11.1. The fraction of sp³-hybridized carbons (Fsp3) is 0.562. The van der Waals surface area contributed by atoms with Crippen molar-refractivity contribution in [1.82, 2.24) is 4.98 Å². The predicted molar refractivity (Wildman–Crippen MR) is 90.5 cm³/mol. The molecule has 1 aromatic rings. The maximum absolute atomic E-state index is 11.9. The van der Waals surface area contributed by atoms with E-state index in [0.29, 0.717) is 5.13 Å². The number of rotatable bonds is 9. The fourth-order valence-corrected chi connectivity index (χ4v) is 2.82. The van der Waals surface area contributed by atoms with Crippen molar-refractivity contribution in [2.75, 3.05) is 18.5 Å². The van der Waals surface area contributed by atoms with Crippen molar-refractivity contribution in [2.45, 2.75) is 47.0 Å². The highest BCUT2D eigenvalue weighted by atomic mass is 32.1. The first-order valence-electron chi connectivity index (χ1n) is 7.86. The van der Waals surface area contributed by atoms with Crippen LogP contribution in [0.25, 0.3) is 0 Å². The molecule has 1 aromatic heterocycles. The van der Waals surface area contributed by atoms with Crippen LogP contribution in [0.15, 0.2) is 11.8 Å². The molecule has 0 spiro atoms. The average molecular weight is 340 g/mol. The van der Waals surface area contributed by atoms with Gasteiger partial charge < -0.3 is 14.8 Å². The molecule has 1 heterocycles. The summed E-state index contributed by atoms with van der Waals surface area (Å²) in [6.07, 6.45) is 4.14. The lowest BCUT2D eigenvalue weighted by Crippen LogP contribution is -2.19. The summed E-state index contributed by atoms with van der Waals surface area (Å²) in [6, 6.07) is 0. The Bertz CT molecular complexity index is 546. The van der Waals surface area contributed by atoms with Gasteiger partial charge in [-0.3, -0.25) is 0 Å². The minimum absolute atomic E-state index is 0.168. The Morgan fingerprint density at radius 1 is 1.13 bits per heavy atom. The van der Waals surface area contributed by atoms with E-state index in [1.807, 2.05) is 0 Å². The number of aromatic nitrogens is 1. The minimum Gasteiger partial charge on any atom is -0.462 e. The molecule has 0 unspecified atom stereocenters. The first kappa shape index (κ1) is 19.2. The Balaban J connectivity index is 2.95. The van der Waals surface area contributed by atoms with Gasteiger partial charge in [-0.25, -0.2) is 14.6 Å². The molecule has 128 valence electrons. The molecular formula is C16H24N2O4S. The first-order valence-corrected chi connectivity index (χ1v) is 8.68. The number of aryl methyl sites for hydroxylation is 2. The van der Waals surface area contributed by atoms with Crippen LogP contribution >= 0.6 is 11.3 Å². The Morgan fingerprint density at radius 3 is 2.22 bits per heavy atom. The summed E-state index contributed by atoms with van der Waals surface area (Å²) in [5.41, 5.74) is 0.892. The zero-order valence-electron chi connectivity index (χ0n) is 14.1. The van der Waals surface area contributed by atoms with Crippen LogP contribution in [0.4, 0.5) is 5.13 Å². The second-order valence-corrected chi connectivity index (χ2v) is 5.72. The van der Waals surface area contributed by atoms with Crippen LogP contribution < -0.4 is 5.32 Å². The molecule has 0 saturated heterocycles. The largest absolute Gasteiger partial charge is 0.462 e. The number of nitrogens with one attached hydrogen (secondary N) is 1. The van der Waals surface area contributed by atoms with Crippen molar-refractivity contribution in [2.24, 2.45) is 0 Å². The molecule has 1 N–H and O–H groups in total. The second kappa shape index (κ2) is 9.99. The van der Waals surface area contributed by atoms with Crippen molar-refractivity contribution in [3.8, 4) is 0 Å². The van der Waals surface area contributed by atoms with Crippen molar-refractivity contribution in [3.05, 3.63) is 22.3 Å². The van der Waals surface area contributed by atoms with Gasteiger partial charge in [-0.2, -0.15) is 0 Å². The zero-order chi connectivity index (χ0) is 17.2. The zero-order valence-corrected chi connectivity index (χ0v) is 14.9. The number of carbonyl (C=O) groups excluding carboxylic acids is 2. The van der Waals surface area contributed by atoms with Gasteiger partial charge in [-0.15, -0.1) is 11.3 Å². The number of anilines is 1. The number of ether oxygens (including phenoxy) is 2. The number of hydrogen-bond donors (Lipinski definition) is 1. The van der Waals surface area contributed by atoms with Gasteiger partial charge in [0.1, 0.15) is 0 Å². The molecule has 0 radical (unpaired) electrons. The number of hydrogen-bond acceptors (Lipinski definition) is 7. The van der Waals surface area contributed by atoms with Crippen molar-refractivity contribution >= 4 is 28.4 Å². The number of esters is 2. The lowest BCUT2D eigenvalue weighted by atomic mass is 10.2. The molecule has 0 saturated carbocycles. The van der Waals surface area contributed by atoms with E-state index in [0.717, 1.165) is 25.0 Å². The van der Waals surface area contributed by atoms with Gasteiger partial charge in [-0.05, 0) is 26.7 Å². The predicted octanol–water partition coefficient (Wildman–Crippen LogP) is 3.08. The summed E-state index contributed by atoms with van der Waals surface area (Å²) in [4.78, 5) is 29.4. The van der Waals surface area contributed by atoms with E-state index in [2.05, 4.69) is 24.1 Å².